The van der Waals surface area contributed by atoms with Gasteiger partial charge in [-0.05, 0) is 55.0 Å². The molecular formula is C32H30N3O4+. The van der Waals surface area contributed by atoms with E-state index in [-0.39, 0.29) is 11.1 Å². The molecule has 3 aromatic carbocycles. The number of nitrogens with zero attached hydrogens (tertiary/aromatic N) is 3. The molecule has 0 spiro atoms. The van der Waals surface area contributed by atoms with Crippen LogP contribution >= 0.6 is 0 Å². The van der Waals surface area contributed by atoms with E-state index in [0.717, 1.165) is 66.0 Å². The molecule has 7 rings (SSSR count). The van der Waals surface area contributed by atoms with Gasteiger partial charge in [0.25, 0.3) is 5.56 Å². The van der Waals surface area contributed by atoms with Crippen LogP contribution in [0.3, 0.4) is 0 Å². The number of benzene rings is 3. The molecule has 5 aromatic rings. The largest absolute Gasteiger partial charge is 0.478 e. The lowest BCUT2D eigenvalue weighted by Gasteiger charge is -2.37. The first kappa shape index (κ1) is 23.7. The molecule has 0 atom stereocenters. The van der Waals surface area contributed by atoms with Gasteiger partial charge in [0.1, 0.15) is 25.3 Å². The van der Waals surface area contributed by atoms with Gasteiger partial charge in [-0.25, -0.2) is 9.37 Å². The molecule has 4 heterocycles. The molecule has 0 unspecified atom stereocenters. The second-order valence-corrected chi connectivity index (χ2v) is 10.9. The average Bonchev–Trinajstić information content (AvgIpc) is 2.95. The predicted octanol–water partition coefficient (Wildman–Crippen LogP) is 4.53. The molecule has 0 saturated heterocycles. The summed E-state index contributed by atoms with van der Waals surface area (Å²) >= 11 is 0. The van der Waals surface area contributed by atoms with Gasteiger partial charge in [0.2, 0.25) is 5.36 Å². The molecule has 39 heavy (non-hydrogen) atoms. The topological polar surface area (TPSA) is 78.7 Å². The Balaban J connectivity index is 1.77. The van der Waals surface area contributed by atoms with Crippen LogP contribution in [0.5, 0.6) is 0 Å². The third kappa shape index (κ3) is 3.38. The van der Waals surface area contributed by atoms with Crippen molar-refractivity contribution in [2.45, 2.75) is 25.7 Å². The molecular weight excluding hydrogens is 490 g/mol. The normalized spacial score (nSPS) is 14.7. The minimum atomic E-state index is -1.02. The van der Waals surface area contributed by atoms with Crippen LogP contribution in [0.1, 0.15) is 34.3 Å². The van der Waals surface area contributed by atoms with Crippen LogP contribution in [0.25, 0.3) is 44.0 Å². The fourth-order valence-electron chi connectivity index (χ4n) is 6.64. The number of carbonyl (C=O) groups is 1. The molecule has 7 nitrogen and oxygen atoms in total. The molecule has 0 aliphatic carbocycles. The Morgan fingerprint density at radius 3 is 2.51 bits per heavy atom. The molecule has 2 aliphatic rings. The molecule has 7 heteroatoms. The number of carboxylic acids is 1. The predicted molar refractivity (Wildman–Crippen MR) is 155 cm³/mol. The molecule has 0 fully saturated rings. The van der Waals surface area contributed by atoms with E-state index in [9.17, 15) is 14.7 Å². The van der Waals surface area contributed by atoms with Crippen molar-refractivity contribution in [3.05, 3.63) is 80.9 Å². The fraction of sp³-hybridized carbons (Fsp3) is 0.281. The minimum absolute atomic E-state index is 0.171. The van der Waals surface area contributed by atoms with Crippen molar-refractivity contribution in [1.82, 2.24) is 9.14 Å². The number of carboxylic acid groups (broad SMARTS) is 1. The molecule has 196 valence electrons. The van der Waals surface area contributed by atoms with E-state index in [2.05, 4.69) is 11.0 Å². The molecule has 0 amide bonds. The summed E-state index contributed by atoms with van der Waals surface area (Å²) in [7, 11) is 5.71. The number of aromatic carboxylic acids is 1. The van der Waals surface area contributed by atoms with Crippen molar-refractivity contribution >= 4 is 44.5 Å². The van der Waals surface area contributed by atoms with E-state index >= 15 is 0 Å². The number of pyridine rings is 1. The molecule has 1 N–H and O–H groups in total. The lowest BCUT2D eigenvalue weighted by Crippen LogP contribution is -2.34. The van der Waals surface area contributed by atoms with Gasteiger partial charge in [0.15, 0.2) is 0 Å². The van der Waals surface area contributed by atoms with Gasteiger partial charge < -0.3 is 19.0 Å². The summed E-state index contributed by atoms with van der Waals surface area (Å²) in [5.74, 6) is -1.02. The quantitative estimate of drug-likeness (QED) is 0.210. The Bertz CT molecular complexity index is 2010. The molecule has 0 radical (unpaired) electrons. The second kappa shape index (κ2) is 8.56. The summed E-state index contributed by atoms with van der Waals surface area (Å²) in [5.41, 5.74) is 6.86. The van der Waals surface area contributed by atoms with Crippen LogP contribution < -0.4 is 20.4 Å². The van der Waals surface area contributed by atoms with Gasteiger partial charge in [-0.3, -0.25) is 4.79 Å². The van der Waals surface area contributed by atoms with Gasteiger partial charge in [-0.1, -0.05) is 18.2 Å². The maximum absolute atomic E-state index is 14.2. The van der Waals surface area contributed by atoms with E-state index in [4.69, 9.17) is 4.42 Å². The van der Waals surface area contributed by atoms with Crippen LogP contribution in [0.4, 0.5) is 5.69 Å². The number of hydrogen-bond donors (Lipinski definition) is 1. The zero-order chi connectivity index (χ0) is 27.0. The van der Waals surface area contributed by atoms with Gasteiger partial charge >= 0.3 is 5.97 Å². The van der Waals surface area contributed by atoms with Crippen molar-refractivity contribution in [2.24, 2.45) is 7.05 Å². The third-order valence-corrected chi connectivity index (χ3v) is 8.47. The molecule has 2 aromatic heterocycles. The van der Waals surface area contributed by atoms with Crippen molar-refractivity contribution in [2.75, 3.05) is 32.1 Å². The number of hydrogen-bond acceptors (Lipinski definition) is 4. The van der Waals surface area contributed by atoms with Crippen LogP contribution in [-0.4, -0.2) is 42.8 Å². The van der Waals surface area contributed by atoms with Crippen molar-refractivity contribution in [3.63, 3.8) is 0 Å². The fourth-order valence-corrected chi connectivity index (χ4v) is 6.64. The van der Waals surface area contributed by atoms with Crippen LogP contribution in [0, 0.1) is 0 Å². The van der Waals surface area contributed by atoms with Gasteiger partial charge in [-0.15, -0.1) is 0 Å². The van der Waals surface area contributed by atoms with Crippen molar-refractivity contribution in [1.29, 1.82) is 0 Å². The lowest BCUT2D eigenvalue weighted by molar-refractivity contribution is 0.0697. The first-order chi connectivity index (χ1) is 18.8. The highest BCUT2D eigenvalue weighted by Gasteiger charge is 2.30. The number of rotatable bonds is 2. The Morgan fingerprint density at radius 2 is 1.74 bits per heavy atom. The SMILES string of the molecule is Cn1c(=O)c2c(-c3ccccc3C(=O)O)c3cc4c5c(c3oc2c2ccc(=[N+](C)C)cc21)CCCN5CCC4. The van der Waals surface area contributed by atoms with Crippen molar-refractivity contribution < 1.29 is 14.3 Å². The van der Waals surface area contributed by atoms with Crippen LogP contribution in [0.15, 0.2) is 57.7 Å². The van der Waals surface area contributed by atoms with Crippen LogP contribution in [-0.2, 0) is 19.9 Å². The summed E-state index contributed by atoms with van der Waals surface area (Å²) < 4.78 is 10.5. The maximum atomic E-state index is 14.2. The van der Waals surface area contributed by atoms with Gasteiger partial charge in [0.05, 0.1) is 16.5 Å². The monoisotopic (exact) mass is 520 g/mol. The smallest absolute Gasteiger partial charge is 0.336 e. The number of aryl methyl sites for hydroxylation is 3. The Kier molecular flexibility index (Phi) is 5.20. The summed E-state index contributed by atoms with van der Waals surface area (Å²) in [6.07, 6.45) is 3.95. The summed E-state index contributed by atoms with van der Waals surface area (Å²) in [6.45, 7) is 2.06. The maximum Gasteiger partial charge on any atom is 0.336 e. The van der Waals surface area contributed by atoms with Crippen LogP contribution in [0.2, 0.25) is 0 Å². The zero-order valence-electron chi connectivity index (χ0n) is 22.4. The summed E-state index contributed by atoms with van der Waals surface area (Å²) in [6, 6.07) is 15.2. The number of anilines is 1. The third-order valence-electron chi connectivity index (χ3n) is 8.47. The molecule has 2 aliphatic heterocycles. The van der Waals surface area contributed by atoms with E-state index in [0.29, 0.717) is 22.1 Å². The van der Waals surface area contributed by atoms with E-state index in [1.807, 2.05) is 49.0 Å². The summed E-state index contributed by atoms with van der Waals surface area (Å²) in [5, 5.41) is 13.2. The Morgan fingerprint density at radius 1 is 0.974 bits per heavy atom. The molecule has 0 bridgehead atoms. The standard InChI is InChI=1S/C32H29N3O4/c1-33(2)19-12-13-22-25(17-19)34(3)31(36)27-26(20-9-4-5-10-21(20)32(37)38)24-16-18-8-6-14-35-15-7-11-23(28(18)35)29(24)39-30(22)27/h4-5,9-10,12-13,16-17H,6-8,11,14-15H2,1-3H3/p+1. The highest BCUT2D eigenvalue weighted by atomic mass is 16.4. The number of aromatic nitrogens is 1. The van der Waals surface area contributed by atoms with Crippen molar-refractivity contribution in [3.8, 4) is 11.1 Å². The number of fused-ring (bicyclic) bond motifs is 5. The zero-order valence-corrected chi connectivity index (χ0v) is 22.4. The second-order valence-electron chi connectivity index (χ2n) is 10.9. The highest BCUT2D eigenvalue weighted by molar-refractivity contribution is 6.17. The summed E-state index contributed by atoms with van der Waals surface area (Å²) in [4.78, 5) is 29.1. The van der Waals surface area contributed by atoms with E-state index < -0.39 is 5.97 Å². The van der Waals surface area contributed by atoms with E-state index in [1.165, 1.54) is 16.8 Å². The van der Waals surface area contributed by atoms with Gasteiger partial charge in [-0.2, -0.15) is 0 Å². The minimum Gasteiger partial charge on any atom is -0.478 e. The first-order valence-corrected chi connectivity index (χ1v) is 13.5. The van der Waals surface area contributed by atoms with Gasteiger partial charge in [0, 0.05) is 59.9 Å². The molecule has 0 saturated carbocycles. The first-order valence-electron chi connectivity index (χ1n) is 13.5. The average molecular weight is 521 g/mol. The Labute approximate surface area is 224 Å². The lowest BCUT2D eigenvalue weighted by atomic mass is 9.86. The highest BCUT2D eigenvalue weighted by Crippen LogP contribution is 2.46. The van der Waals surface area contributed by atoms with E-state index in [1.54, 1.807) is 23.7 Å². The Hall–Kier alpha value is -4.39.